The topological polar surface area (TPSA) is 69.1 Å². The van der Waals surface area contributed by atoms with E-state index in [1.54, 1.807) is 0 Å². The Morgan fingerprint density at radius 1 is 1.00 bits per heavy atom. The number of ether oxygens (including phenoxy) is 1. The van der Waals surface area contributed by atoms with E-state index in [-0.39, 0.29) is 5.54 Å². The number of aliphatic imine (C=N–C) groups is 1. The van der Waals surface area contributed by atoms with Crippen LogP contribution in [0.1, 0.15) is 64.7 Å². The van der Waals surface area contributed by atoms with E-state index < -0.39 is 5.60 Å². The van der Waals surface area contributed by atoms with Gasteiger partial charge in [0.25, 0.3) is 0 Å². The molecular formula is C20H38N4O2. The lowest BCUT2D eigenvalue weighted by Crippen LogP contribution is -2.57. The van der Waals surface area contributed by atoms with Gasteiger partial charge < -0.3 is 20.5 Å². The van der Waals surface area contributed by atoms with Gasteiger partial charge in [0, 0.05) is 31.7 Å². The van der Waals surface area contributed by atoms with Crippen molar-refractivity contribution >= 4 is 5.96 Å². The fourth-order valence-electron chi connectivity index (χ4n) is 4.85. The molecule has 3 rings (SSSR count). The molecule has 3 fully saturated rings. The average molecular weight is 367 g/mol. The largest absolute Gasteiger partial charge is 0.388 e. The first-order valence-corrected chi connectivity index (χ1v) is 10.7. The average Bonchev–Trinajstić information content (AvgIpc) is 3.12. The summed E-state index contributed by atoms with van der Waals surface area (Å²) >= 11 is 0. The summed E-state index contributed by atoms with van der Waals surface area (Å²) < 4.78 is 5.58. The zero-order valence-corrected chi connectivity index (χ0v) is 16.6. The van der Waals surface area contributed by atoms with E-state index in [4.69, 9.17) is 9.73 Å². The van der Waals surface area contributed by atoms with Crippen LogP contribution >= 0.6 is 0 Å². The van der Waals surface area contributed by atoms with Crippen LogP contribution in [-0.4, -0.2) is 73.0 Å². The highest BCUT2D eigenvalue weighted by atomic mass is 16.5. The molecule has 1 heterocycles. The van der Waals surface area contributed by atoms with Crippen molar-refractivity contribution in [2.45, 2.75) is 75.9 Å². The van der Waals surface area contributed by atoms with E-state index in [1.807, 2.05) is 0 Å². The van der Waals surface area contributed by atoms with Crippen molar-refractivity contribution in [3.8, 4) is 0 Å². The smallest absolute Gasteiger partial charge is 0.191 e. The van der Waals surface area contributed by atoms with Crippen LogP contribution in [0.3, 0.4) is 0 Å². The molecule has 3 aliphatic rings. The predicted octanol–water partition coefficient (Wildman–Crippen LogP) is 1.88. The summed E-state index contributed by atoms with van der Waals surface area (Å²) in [6, 6.07) is 0. The maximum absolute atomic E-state index is 10.6. The van der Waals surface area contributed by atoms with Gasteiger partial charge in [-0.15, -0.1) is 0 Å². The van der Waals surface area contributed by atoms with Gasteiger partial charge in [0.1, 0.15) is 0 Å². The van der Waals surface area contributed by atoms with E-state index in [0.29, 0.717) is 6.54 Å². The van der Waals surface area contributed by atoms with Gasteiger partial charge in [0.2, 0.25) is 0 Å². The third-order valence-corrected chi connectivity index (χ3v) is 6.46. The van der Waals surface area contributed by atoms with E-state index in [2.05, 4.69) is 22.5 Å². The van der Waals surface area contributed by atoms with E-state index in [0.717, 1.165) is 71.0 Å². The molecule has 0 aromatic heterocycles. The van der Waals surface area contributed by atoms with E-state index >= 15 is 0 Å². The monoisotopic (exact) mass is 366 g/mol. The zero-order valence-electron chi connectivity index (χ0n) is 16.6. The Bertz CT molecular complexity index is 451. The van der Waals surface area contributed by atoms with Gasteiger partial charge in [-0.25, -0.2) is 0 Å². The van der Waals surface area contributed by atoms with Crippen molar-refractivity contribution in [3.63, 3.8) is 0 Å². The summed E-state index contributed by atoms with van der Waals surface area (Å²) in [5.41, 5.74) is -0.364. The standard InChI is InChI=1S/C20H38N4O2/c1-2-21-18(23-17-20(25)10-6-7-11-20)22-16-19(8-4-3-5-9-19)24-12-14-26-15-13-24/h25H,2-17H2,1H3,(H2,21,22,23). The molecule has 2 aliphatic carbocycles. The Morgan fingerprint density at radius 2 is 1.65 bits per heavy atom. The fourth-order valence-corrected chi connectivity index (χ4v) is 4.85. The van der Waals surface area contributed by atoms with Crippen LogP contribution in [0.2, 0.25) is 0 Å². The summed E-state index contributed by atoms with van der Waals surface area (Å²) in [4.78, 5) is 7.61. The van der Waals surface area contributed by atoms with E-state index in [9.17, 15) is 5.11 Å². The molecule has 1 aliphatic heterocycles. The summed E-state index contributed by atoms with van der Waals surface area (Å²) in [6.07, 6.45) is 10.5. The molecule has 6 heteroatoms. The van der Waals surface area contributed by atoms with Crippen molar-refractivity contribution in [1.29, 1.82) is 0 Å². The Labute approximate surface area is 158 Å². The molecule has 0 unspecified atom stereocenters. The molecule has 150 valence electrons. The number of rotatable bonds is 6. The van der Waals surface area contributed by atoms with Crippen molar-refractivity contribution in [2.24, 2.45) is 4.99 Å². The van der Waals surface area contributed by atoms with Gasteiger partial charge >= 0.3 is 0 Å². The summed E-state index contributed by atoms with van der Waals surface area (Å²) in [5.74, 6) is 0.853. The Morgan fingerprint density at radius 3 is 2.31 bits per heavy atom. The van der Waals surface area contributed by atoms with Gasteiger partial charge in [0.05, 0.1) is 25.4 Å². The van der Waals surface area contributed by atoms with Crippen LogP contribution in [-0.2, 0) is 4.74 Å². The molecule has 6 nitrogen and oxygen atoms in total. The van der Waals surface area contributed by atoms with Gasteiger partial charge in [-0.3, -0.25) is 9.89 Å². The second kappa shape index (κ2) is 9.38. The maximum atomic E-state index is 10.6. The molecule has 0 bridgehead atoms. The Balaban J connectivity index is 1.64. The maximum Gasteiger partial charge on any atom is 0.191 e. The molecule has 0 aromatic carbocycles. The number of hydrogen-bond acceptors (Lipinski definition) is 4. The van der Waals surface area contributed by atoms with Crippen LogP contribution in [0.5, 0.6) is 0 Å². The van der Waals surface area contributed by atoms with Crippen molar-refractivity contribution in [3.05, 3.63) is 0 Å². The molecule has 26 heavy (non-hydrogen) atoms. The first-order chi connectivity index (χ1) is 12.7. The van der Waals surface area contributed by atoms with Crippen LogP contribution < -0.4 is 10.6 Å². The summed E-state index contributed by atoms with van der Waals surface area (Å²) in [5, 5.41) is 17.4. The van der Waals surface area contributed by atoms with Crippen LogP contribution in [0.4, 0.5) is 0 Å². The second-order valence-electron chi connectivity index (χ2n) is 8.36. The minimum Gasteiger partial charge on any atom is -0.388 e. The number of aliphatic hydroxyl groups is 1. The third kappa shape index (κ3) is 5.11. The number of nitrogens with zero attached hydrogens (tertiary/aromatic N) is 2. The summed E-state index contributed by atoms with van der Waals surface area (Å²) in [7, 11) is 0. The van der Waals surface area contributed by atoms with Gasteiger partial charge in [-0.2, -0.15) is 0 Å². The summed E-state index contributed by atoms with van der Waals surface area (Å²) in [6.45, 7) is 8.12. The number of guanidine groups is 1. The molecule has 0 spiro atoms. The SMILES string of the molecule is CCNC(=NCC1(N2CCOCC2)CCCCC1)NCC1(O)CCCC1. The molecule has 0 atom stereocenters. The van der Waals surface area contributed by atoms with Crippen molar-refractivity contribution in [2.75, 3.05) is 45.9 Å². The zero-order chi connectivity index (χ0) is 18.3. The lowest BCUT2D eigenvalue weighted by Gasteiger charge is -2.47. The fraction of sp³-hybridized carbons (Fsp3) is 0.950. The highest BCUT2D eigenvalue weighted by Crippen LogP contribution is 2.34. The molecule has 0 radical (unpaired) electrons. The number of nitrogens with one attached hydrogen (secondary N) is 2. The van der Waals surface area contributed by atoms with Crippen molar-refractivity contribution in [1.82, 2.24) is 15.5 Å². The highest BCUT2D eigenvalue weighted by Gasteiger charge is 2.38. The molecule has 0 amide bonds. The molecule has 1 saturated heterocycles. The quantitative estimate of drug-likeness (QED) is 0.495. The first-order valence-electron chi connectivity index (χ1n) is 10.7. The molecular weight excluding hydrogens is 328 g/mol. The number of hydrogen-bond donors (Lipinski definition) is 3. The Hall–Kier alpha value is -0.850. The van der Waals surface area contributed by atoms with Gasteiger partial charge in [-0.05, 0) is 32.6 Å². The minimum absolute atomic E-state index is 0.189. The van der Waals surface area contributed by atoms with E-state index in [1.165, 1.54) is 32.1 Å². The minimum atomic E-state index is -0.553. The predicted molar refractivity (Wildman–Crippen MR) is 106 cm³/mol. The highest BCUT2D eigenvalue weighted by molar-refractivity contribution is 5.79. The second-order valence-corrected chi connectivity index (χ2v) is 8.36. The Kier molecular flexibility index (Phi) is 7.18. The lowest BCUT2D eigenvalue weighted by atomic mass is 9.80. The lowest BCUT2D eigenvalue weighted by molar-refractivity contribution is -0.0333. The third-order valence-electron chi connectivity index (χ3n) is 6.46. The molecule has 2 saturated carbocycles. The van der Waals surface area contributed by atoms with Crippen LogP contribution in [0.15, 0.2) is 4.99 Å². The normalized spacial score (nSPS) is 26.6. The van der Waals surface area contributed by atoms with Crippen LogP contribution in [0, 0.1) is 0 Å². The molecule has 0 aromatic rings. The first kappa shape index (κ1) is 19.9. The number of morpholine rings is 1. The van der Waals surface area contributed by atoms with Gasteiger partial charge in [-0.1, -0.05) is 32.1 Å². The molecule has 3 N–H and O–H groups in total. The van der Waals surface area contributed by atoms with Gasteiger partial charge in [0.15, 0.2) is 5.96 Å². The van der Waals surface area contributed by atoms with Crippen molar-refractivity contribution < 1.29 is 9.84 Å². The van der Waals surface area contributed by atoms with Crippen LogP contribution in [0.25, 0.3) is 0 Å².